The van der Waals surface area contributed by atoms with Crippen LogP contribution in [0.5, 0.6) is 0 Å². The molecule has 1 fully saturated rings. The number of nitrogens with zero attached hydrogens (tertiary/aromatic N) is 2. The van der Waals surface area contributed by atoms with Gasteiger partial charge in [-0.25, -0.2) is 5.84 Å². The lowest BCUT2D eigenvalue weighted by Crippen LogP contribution is -2.47. The SMILES string of the molecule is CCCCN=C(NN)N(C)C(C)C1CC1. The number of hydrogen-bond acceptors (Lipinski definition) is 2. The van der Waals surface area contributed by atoms with E-state index in [0.717, 1.165) is 24.8 Å². The molecule has 0 bridgehead atoms. The summed E-state index contributed by atoms with van der Waals surface area (Å²) < 4.78 is 0. The molecule has 4 nitrogen and oxygen atoms in total. The van der Waals surface area contributed by atoms with E-state index in [4.69, 9.17) is 5.84 Å². The lowest BCUT2D eigenvalue weighted by molar-refractivity contribution is 0.342. The standard InChI is InChI=1S/C11H24N4/c1-4-5-8-13-11(14-12)15(3)9(2)10-6-7-10/h9-10H,4-8,12H2,1-3H3,(H,13,14). The van der Waals surface area contributed by atoms with Crippen LogP contribution in [0.25, 0.3) is 0 Å². The Morgan fingerprint density at radius 1 is 1.60 bits per heavy atom. The van der Waals surface area contributed by atoms with Crippen molar-refractivity contribution in [3.05, 3.63) is 0 Å². The highest BCUT2D eigenvalue weighted by Crippen LogP contribution is 2.34. The zero-order valence-corrected chi connectivity index (χ0v) is 10.2. The molecular weight excluding hydrogens is 188 g/mol. The van der Waals surface area contributed by atoms with Crippen molar-refractivity contribution in [3.63, 3.8) is 0 Å². The molecule has 1 atom stereocenters. The van der Waals surface area contributed by atoms with E-state index in [1.54, 1.807) is 0 Å². The molecule has 1 aliphatic rings. The first-order chi connectivity index (χ1) is 7.20. The van der Waals surface area contributed by atoms with Gasteiger partial charge in [0.2, 0.25) is 5.96 Å². The Kier molecular flexibility index (Phi) is 4.88. The Bertz CT molecular complexity index is 211. The van der Waals surface area contributed by atoms with Crippen LogP contribution in [0.15, 0.2) is 4.99 Å². The molecule has 4 heteroatoms. The average molecular weight is 212 g/mol. The van der Waals surface area contributed by atoms with Crippen LogP contribution in [-0.4, -0.2) is 30.5 Å². The minimum atomic E-state index is 0.543. The first-order valence-corrected chi connectivity index (χ1v) is 5.94. The van der Waals surface area contributed by atoms with Gasteiger partial charge in [-0.3, -0.25) is 10.4 Å². The van der Waals surface area contributed by atoms with Gasteiger partial charge >= 0.3 is 0 Å². The van der Waals surface area contributed by atoms with Crippen LogP contribution in [-0.2, 0) is 0 Å². The van der Waals surface area contributed by atoms with Gasteiger partial charge in [0.1, 0.15) is 0 Å². The fraction of sp³-hybridized carbons (Fsp3) is 0.909. The molecule has 0 saturated heterocycles. The van der Waals surface area contributed by atoms with E-state index in [9.17, 15) is 0 Å². The largest absolute Gasteiger partial charge is 0.342 e. The number of nitrogens with one attached hydrogen (secondary N) is 1. The molecule has 0 aromatic rings. The maximum atomic E-state index is 5.49. The summed E-state index contributed by atoms with van der Waals surface area (Å²) in [5.41, 5.74) is 2.70. The summed E-state index contributed by atoms with van der Waals surface area (Å²) in [7, 11) is 2.06. The molecule has 0 heterocycles. The molecule has 1 aliphatic carbocycles. The van der Waals surface area contributed by atoms with Crippen LogP contribution in [0, 0.1) is 5.92 Å². The van der Waals surface area contributed by atoms with Crippen LogP contribution in [0.4, 0.5) is 0 Å². The van der Waals surface area contributed by atoms with Crippen molar-refractivity contribution in [1.29, 1.82) is 0 Å². The number of rotatable bonds is 5. The van der Waals surface area contributed by atoms with Gasteiger partial charge < -0.3 is 4.90 Å². The van der Waals surface area contributed by atoms with Gasteiger partial charge in [-0.05, 0) is 32.1 Å². The third-order valence-corrected chi connectivity index (χ3v) is 3.15. The quantitative estimate of drug-likeness (QED) is 0.238. The summed E-state index contributed by atoms with van der Waals surface area (Å²) in [5, 5.41) is 0. The molecule has 0 amide bonds. The molecule has 1 rings (SSSR count). The molecule has 3 N–H and O–H groups in total. The summed E-state index contributed by atoms with van der Waals surface area (Å²) in [6.07, 6.45) is 4.98. The van der Waals surface area contributed by atoms with E-state index >= 15 is 0 Å². The zero-order chi connectivity index (χ0) is 11.3. The van der Waals surface area contributed by atoms with Crippen LogP contribution in [0.3, 0.4) is 0 Å². The lowest BCUT2D eigenvalue weighted by Gasteiger charge is -2.27. The van der Waals surface area contributed by atoms with E-state index < -0.39 is 0 Å². The Balaban J connectivity index is 2.44. The molecule has 0 spiro atoms. The van der Waals surface area contributed by atoms with Crippen molar-refractivity contribution < 1.29 is 0 Å². The predicted molar refractivity (Wildman–Crippen MR) is 64.5 cm³/mol. The monoisotopic (exact) mass is 212 g/mol. The van der Waals surface area contributed by atoms with E-state index in [0.29, 0.717) is 6.04 Å². The third-order valence-electron chi connectivity index (χ3n) is 3.15. The molecule has 15 heavy (non-hydrogen) atoms. The van der Waals surface area contributed by atoms with Crippen molar-refractivity contribution in [1.82, 2.24) is 10.3 Å². The molecular formula is C11H24N4. The Morgan fingerprint density at radius 2 is 2.27 bits per heavy atom. The van der Waals surface area contributed by atoms with E-state index in [1.165, 1.54) is 19.3 Å². The molecule has 0 aromatic heterocycles. The average Bonchev–Trinajstić information content (AvgIpc) is 3.06. The zero-order valence-electron chi connectivity index (χ0n) is 10.2. The normalized spacial score (nSPS) is 18.8. The lowest BCUT2D eigenvalue weighted by atomic mass is 10.2. The van der Waals surface area contributed by atoms with Crippen molar-refractivity contribution in [2.24, 2.45) is 16.8 Å². The van der Waals surface area contributed by atoms with Crippen LogP contribution >= 0.6 is 0 Å². The van der Waals surface area contributed by atoms with E-state index in [-0.39, 0.29) is 0 Å². The first-order valence-electron chi connectivity index (χ1n) is 5.94. The maximum absolute atomic E-state index is 5.49. The van der Waals surface area contributed by atoms with Gasteiger partial charge in [-0.2, -0.15) is 0 Å². The predicted octanol–water partition coefficient (Wildman–Crippen LogP) is 1.34. The number of aliphatic imine (C=N–C) groups is 1. The van der Waals surface area contributed by atoms with Crippen LogP contribution in [0.2, 0.25) is 0 Å². The first kappa shape index (κ1) is 12.3. The third kappa shape index (κ3) is 3.70. The van der Waals surface area contributed by atoms with Crippen molar-refractivity contribution >= 4 is 5.96 Å². The molecule has 0 radical (unpaired) electrons. The molecule has 88 valence electrons. The number of nitrogens with two attached hydrogens (primary N) is 1. The van der Waals surface area contributed by atoms with Crippen molar-refractivity contribution in [2.45, 2.75) is 45.6 Å². The van der Waals surface area contributed by atoms with E-state index in [2.05, 4.69) is 36.2 Å². The highest BCUT2D eigenvalue weighted by atomic mass is 15.4. The number of unbranched alkanes of at least 4 members (excludes halogenated alkanes) is 1. The summed E-state index contributed by atoms with van der Waals surface area (Å²) in [4.78, 5) is 6.63. The molecule has 0 aromatic carbocycles. The number of hydrazine groups is 1. The van der Waals surface area contributed by atoms with Crippen LogP contribution in [0.1, 0.15) is 39.5 Å². The highest BCUT2D eigenvalue weighted by Gasteiger charge is 2.31. The number of guanidine groups is 1. The number of hydrogen-bond donors (Lipinski definition) is 2. The summed E-state index contributed by atoms with van der Waals surface area (Å²) >= 11 is 0. The summed E-state index contributed by atoms with van der Waals surface area (Å²) in [6, 6.07) is 0.543. The fourth-order valence-electron chi connectivity index (χ4n) is 1.69. The van der Waals surface area contributed by atoms with Crippen molar-refractivity contribution in [2.75, 3.05) is 13.6 Å². The summed E-state index contributed by atoms with van der Waals surface area (Å²) in [6.45, 7) is 5.27. The van der Waals surface area contributed by atoms with Gasteiger partial charge in [0.15, 0.2) is 0 Å². The molecule has 1 unspecified atom stereocenters. The second-order valence-electron chi connectivity index (χ2n) is 4.39. The maximum Gasteiger partial charge on any atom is 0.208 e. The summed E-state index contributed by atoms with van der Waals surface area (Å²) in [5.74, 6) is 7.15. The van der Waals surface area contributed by atoms with Crippen LogP contribution < -0.4 is 11.3 Å². The minimum absolute atomic E-state index is 0.543. The highest BCUT2D eigenvalue weighted by molar-refractivity contribution is 5.79. The van der Waals surface area contributed by atoms with E-state index in [1.807, 2.05) is 0 Å². The minimum Gasteiger partial charge on any atom is -0.342 e. The Hall–Kier alpha value is -0.770. The topological polar surface area (TPSA) is 53.6 Å². The molecule has 1 saturated carbocycles. The second-order valence-corrected chi connectivity index (χ2v) is 4.39. The second kappa shape index (κ2) is 5.95. The fourth-order valence-corrected chi connectivity index (χ4v) is 1.69. The smallest absolute Gasteiger partial charge is 0.208 e. The Labute approximate surface area is 92.9 Å². The van der Waals surface area contributed by atoms with Gasteiger partial charge in [0.25, 0.3) is 0 Å². The van der Waals surface area contributed by atoms with Gasteiger partial charge in [0.05, 0.1) is 0 Å². The van der Waals surface area contributed by atoms with Gasteiger partial charge in [-0.1, -0.05) is 13.3 Å². The molecule has 0 aliphatic heterocycles. The van der Waals surface area contributed by atoms with Gasteiger partial charge in [0, 0.05) is 19.6 Å². The Morgan fingerprint density at radius 3 is 2.73 bits per heavy atom. The van der Waals surface area contributed by atoms with Crippen molar-refractivity contribution in [3.8, 4) is 0 Å². The van der Waals surface area contributed by atoms with Gasteiger partial charge in [-0.15, -0.1) is 0 Å².